The topological polar surface area (TPSA) is 0 Å². The van der Waals surface area contributed by atoms with Gasteiger partial charge in [-0.2, -0.15) is 0 Å². The second-order valence-electron chi connectivity index (χ2n) is 2.07. The van der Waals surface area contributed by atoms with Crippen molar-refractivity contribution in [3.63, 3.8) is 0 Å². The van der Waals surface area contributed by atoms with Gasteiger partial charge in [0.1, 0.15) is 0 Å². The van der Waals surface area contributed by atoms with E-state index in [1.807, 2.05) is 46.8 Å². The van der Waals surface area contributed by atoms with E-state index < -0.39 is 0 Å². The monoisotopic (exact) mass is 182 g/mol. The standard InChI is InChI=1S/C9H14.2C2H6/c1-5-7-9(4)8(3)6-2;2*1-2/h5-7H,2H2,1,3-4H3;2*1-2H3/b7-5-,9-8-;;. The van der Waals surface area contributed by atoms with Crippen molar-refractivity contribution in [3.8, 4) is 0 Å². The number of allylic oxidation sites excluding steroid dienone is 5. The van der Waals surface area contributed by atoms with Crippen LogP contribution in [0.3, 0.4) is 0 Å². The van der Waals surface area contributed by atoms with E-state index in [1.54, 1.807) is 0 Å². The maximum absolute atomic E-state index is 3.67. The Kier molecular flexibility index (Phi) is 24.1. The van der Waals surface area contributed by atoms with E-state index in [1.165, 1.54) is 11.1 Å². The minimum absolute atomic E-state index is 1.24. The van der Waals surface area contributed by atoms with Crippen LogP contribution in [0.5, 0.6) is 0 Å². The van der Waals surface area contributed by atoms with Crippen molar-refractivity contribution < 1.29 is 0 Å². The fraction of sp³-hybridized carbons (Fsp3) is 0.538. The average Bonchev–Trinajstić information content (AvgIpc) is 2.23. The second kappa shape index (κ2) is 17.3. The van der Waals surface area contributed by atoms with Crippen molar-refractivity contribution in [1.82, 2.24) is 0 Å². The van der Waals surface area contributed by atoms with Crippen LogP contribution >= 0.6 is 0 Å². The Morgan fingerprint density at radius 3 is 1.54 bits per heavy atom. The van der Waals surface area contributed by atoms with Crippen molar-refractivity contribution in [2.75, 3.05) is 0 Å². The summed E-state index contributed by atoms with van der Waals surface area (Å²) in [6, 6.07) is 0. The quantitative estimate of drug-likeness (QED) is 0.519. The van der Waals surface area contributed by atoms with Gasteiger partial charge in [0.2, 0.25) is 0 Å². The van der Waals surface area contributed by atoms with E-state index in [-0.39, 0.29) is 0 Å². The molecular weight excluding hydrogens is 156 g/mol. The summed E-state index contributed by atoms with van der Waals surface area (Å²) in [5.41, 5.74) is 2.53. The summed E-state index contributed by atoms with van der Waals surface area (Å²) in [6.45, 7) is 17.8. The fourth-order valence-corrected chi connectivity index (χ4v) is 0.542. The first-order valence-electron chi connectivity index (χ1n) is 5.15. The van der Waals surface area contributed by atoms with E-state index in [9.17, 15) is 0 Å². The van der Waals surface area contributed by atoms with Gasteiger partial charge >= 0.3 is 0 Å². The lowest BCUT2D eigenvalue weighted by atomic mass is 10.1. The molecule has 0 aromatic rings. The Morgan fingerprint density at radius 1 is 0.923 bits per heavy atom. The van der Waals surface area contributed by atoms with Gasteiger partial charge in [0.05, 0.1) is 0 Å². The van der Waals surface area contributed by atoms with Crippen LogP contribution in [0, 0.1) is 0 Å². The van der Waals surface area contributed by atoms with Crippen LogP contribution < -0.4 is 0 Å². The van der Waals surface area contributed by atoms with Gasteiger partial charge < -0.3 is 0 Å². The van der Waals surface area contributed by atoms with E-state index in [4.69, 9.17) is 0 Å². The summed E-state index contributed by atoms with van der Waals surface area (Å²) in [5.74, 6) is 0. The molecule has 0 amide bonds. The van der Waals surface area contributed by atoms with Gasteiger partial charge in [-0.05, 0) is 31.9 Å². The predicted octanol–water partition coefficient (Wildman–Crippen LogP) is 5.14. The Morgan fingerprint density at radius 2 is 1.31 bits per heavy atom. The van der Waals surface area contributed by atoms with E-state index in [0.717, 1.165) is 0 Å². The van der Waals surface area contributed by atoms with Crippen LogP contribution in [0.4, 0.5) is 0 Å². The summed E-state index contributed by atoms with van der Waals surface area (Å²) in [7, 11) is 0. The maximum Gasteiger partial charge on any atom is -0.0395 e. The summed E-state index contributed by atoms with van der Waals surface area (Å²) in [6.07, 6.45) is 5.98. The largest absolute Gasteiger partial charge is 0.0988 e. The smallest absolute Gasteiger partial charge is 0.0395 e. The van der Waals surface area contributed by atoms with Gasteiger partial charge in [0.15, 0.2) is 0 Å². The molecule has 0 fully saturated rings. The normalized spacial score (nSPS) is 10.4. The van der Waals surface area contributed by atoms with Crippen LogP contribution in [-0.2, 0) is 0 Å². The first-order chi connectivity index (χ1) is 6.22. The molecule has 0 aliphatic carbocycles. The predicted molar refractivity (Wildman–Crippen MR) is 66.1 cm³/mol. The molecule has 0 aliphatic heterocycles. The lowest BCUT2D eigenvalue weighted by Gasteiger charge is -1.93. The second-order valence-corrected chi connectivity index (χ2v) is 2.07. The molecule has 0 spiro atoms. The highest BCUT2D eigenvalue weighted by atomic mass is 13.9. The van der Waals surface area contributed by atoms with Gasteiger partial charge in [-0.15, -0.1) is 0 Å². The van der Waals surface area contributed by atoms with Crippen LogP contribution in [0.25, 0.3) is 0 Å². The van der Waals surface area contributed by atoms with Gasteiger partial charge in [0.25, 0.3) is 0 Å². The zero-order valence-corrected chi connectivity index (χ0v) is 10.4. The van der Waals surface area contributed by atoms with Gasteiger partial charge in [-0.25, -0.2) is 0 Å². The highest BCUT2D eigenvalue weighted by molar-refractivity contribution is 5.28. The molecule has 0 aromatic heterocycles. The molecule has 0 rings (SSSR count). The minimum Gasteiger partial charge on any atom is -0.0988 e. The van der Waals surface area contributed by atoms with Crippen molar-refractivity contribution >= 4 is 0 Å². The molecule has 0 bridgehead atoms. The minimum atomic E-state index is 1.24. The van der Waals surface area contributed by atoms with Crippen LogP contribution in [-0.4, -0.2) is 0 Å². The molecule has 0 atom stereocenters. The number of hydrogen-bond acceptors (Lipinski definition) is 0. The molecule has 78 valence electrons. The van der Waals surface area contributed by atoms with Crippen LogP contribution in [0.2, 0.25) is 0 Å². The lowest BCUT2D eigenvalue weighted by molar-refractivity contribution is 1.37. The van der Waals surface area contributed by atoms with E-state index in [2.05, 4.69) is 26.5 Å². The molecule has 0 N–H and O–H groups in total. The molecule has 0 heterocycles. The first-order valence-corrected chi connectivity index (χ1v) is 5.15. The van der Waals surface area contributed by atoms with E-state index >= 15 is 0 Å². The van der Waals surface area contributed by atoms with Crippen molar-refractivity contribution in [1.29, 1.82) is 0 Å². The first kappa shape index (κ1) is 18.1. The van der Waals surface area contributed by atoms with Crippen molar-refractivity contribution in [2.24, 2.45) is 0 Å². The zero-order valence-electron chi connectivity index (χ0n) is 10.4. The van der Waals surface area contributed by atoms with Gasteiger partial charge in [0, 0.05) is 0 Å². The molecular formula is C13H26. The molecule has 0 aliphatic rings. The maximum atomic E-state index is 3.67. The molecule has 0 radical (unpaired) electrons. The molecule has 0 heteroatoms. The molecule has 0 nitrogen and oxygen atoms in total. The highest BCUT2D eigenvalue weighted by Crippen LogP contribution is 2.04. The zero-order chi connectivity index (χ0) is 11.3. The molecule has 13 heavy (non-hydrogen) atoms. The Balaban J connectivity index is -0.000000218. The third kappa shape index (κ3) is 14.1. The molecule has 0 unspecified atom stereocenters. The van der Waals surface area contributed by atoms with Gasteiger partial charge in [-0.3, -0.25) is 0 Å². The SMILES string of the molecule is C=C/C(C)=C(C)\C=C/C.CC.CC. The summed E-state index contributed by atoms with van der Waals surface area (Å²) < 4.78 is 0. The van der Waals surface area contributed by atoms with Gasteiger partial charge in [-0.1, -0.05) is 52.5 Å². The third-order valence-corrected chi connectivity index (χ3v) is 1.34. The number of rotatable bonds is 2. The Bertz CT molecular complexity index is 147. The molecule has 0 saturated heterocycles. The highest BCUT2D eigenvalue weighted by Gasteiger charge is 1.83. The fourth-order valence-electron chi connectivity index (χ4n) is 0.542. The molecule has 0 saturated carbocycles. The Hall–Kier alpha value is -0.780. The van der Waals surface area contributed by atoms with Crippen molar-refractivity contribution in [3.05, 3.63) is 36.0 Å². The summed E-state index contributed by atoms with van der Waals surface area (Å²) in [5, 5.41) is 0. The summed E-state index contributed by atoms with van der Waals surface area (Å²) >= 11 is 0. The van der Waals surface area contributed by atoms with Crippen molar-refractivity contribution in [2.45, 2.75) is 48.5 Å². The van der Waals surface area contributed by atoms with Crippen LogP contribution in [0.1, 0.15) is 48.5 Å². The third-order valence-electron chi connectivity index (χ3n) is 1.34. The Labute approximate surface area is 85.1 Å². The summed E-state index contributed by atoms with van der Waals surface area (Å²) in [4.78, 5) is 0. The average molecular weight is 182 g/mol. The van der Waals surface area contributed by atoms with Crippen LogP contribution in [0.15, 0.2) is 36.0 Å². The van der Waals surface area contributed by atoms with E-state index in [0.29, 0.717) is 0 Å². The molecule has 0 aromatic carbocycles. The lowest BCUT2D eigenvalue weighted by Crippen LogP contribution is -1.73. The number of hydrogen-bond donors (Lipinski definition) is 0.